The van der Waals surface area contributed by atoms with E-state index in [1.54, 1.807) is 0 Å². The maximum Gasteiger partial charge on any atom is 0.306 e. The highest BCUT2D eigenvalue weighted by Gasteiger charge is 2.47. The van der Waals surface area contributed by atoms with Crippen LogP contribution in [0.1, 0.15) is 181 Å². The van der Waals surface area contributed by atoms with Gasteiger partial charge in [0.15, 0.2) is 12.6 Å². The molecule has 0 radical (unpaired) electrons. The highest BCUT2D eigenvalue weighted by atomic mass is 16.7. The Hall–Kier alpha value is -1.27. The number of allylic oxidation sites excluding steroid dienone is 2. The van der Waals surface area contributed by atoms with Crippen LogP contribution in [-0.4, -0.2) is 142 Å². The Morgan fingerprint density at radius 1 is 0.525 bits per heavy atom. The molecule has 14 heteroatoms. The van der Waals surface area contributed by atoms with Crippen molar-refractivity contribution in [2.45, 2.75) is 248 Å². The Morgan fingerprint density at radius 3 is 1.56 bits per heavy atom. The molecule has 0 aromatic carbocycles. The molecule has 0 amide bonds. The van der Waals surface area contributed by atoms with Crippen LogP contribution >= 0.6 is 0 Å². The molecule has 0 aliphatic carbocycles. The number of esters is 1. The van der Waals surface area contributed by atoms with Gasteiger partial charge < -0.3 is 64.2 Å². The first-order valence-electron chi connectivity index (χ1n) is 24.3. The largest absolute Gasteiger partial charge is 0.457 e. The van der Waals surface area contributed by atoms with Gasteiger partial charge in [-0.2, -0.15) is 0 Å². The zero-order chi connectivity index (χ0) is 44.5. The molecule has 0 aromatic heterocycles. The summed E-state index contributed by atoms with van der Waals surface area (Å²) in [7, 11) is 0. The summed E-state index contributed by atoms with van der Waals surface area (Å²) in [5.41, 5.74) is 0. The minimum atomic E-state index is -1.70. The van der Waals surface area contributed by atoms with Gasteiger partial charge in [0.25, 0.3) is 0 Å². The molecule has 2 fully saturated rings. The Bertz CT molecular complexity index is 1060. The molecule has 14 nitrogen and oxygen atoms in total. The number of unbranched alkanes of at least 4 members (excludes halogenated alkanes) is 22. The van der Waals surface area contributed by atoms with E-state index in [9.17, 15) is 40.5 Å². The molecule has 0 bridgehead atoms. The van der Waals surface area contributed by atoms with Crippen LogP contribution in [-0.2, 0) is 33.2 Å². The number of ether oxygens (including phenoxy) is 6. The second-order valence-corrected chi connectivity index (χ2v) is 17.3. The van der Waals surface area contributed by atoms with Gasteiger partial charge >= 0.3 is 5.97 Å². The summed E-state index contributed by atoms with van der Waals surface area (Å²) in [6.45, 7) is 3.63. The number of aliphatic hydroxyl groups is 7. The van der Waals surface area contributed by atoms with E-state index >= 15 is 0 Å². The van der Waals surface area contributed by atoms with Crippen LogP contribution in [0.4, 0.5) is 0 Å². The fourth-order valence-electron chi connectivity index (χ4n) is 7.76. The van der Waals surface area contributed by atoms with E-state index in [1.165, 1.54) is 89.9 Å². The number of rotatable bonds is 38. The molecule has 2 rings (SSSR count). The second-order valence-electron chi connectivity index (χ2n) is 17.3. The molecule has 2 saturated heterocycles. The number of aliphatic hydroxyl groups excluding tert-OH is 7. The normalized spacial score (nSPS) is 27.5. The van der Waals surface area contributed by atoms with E-state index in [4.69, 9.17) is 28.4 Å². The summed E-state index contributed by atoms with van der Waals surface area (Å²) in [5, 5.41) is 71.9. The topological polar surface area (TPSA) is 214 Å². The first kappa shape index (κ1) is 55.9. The van der Waals surface area contributed by atoms with Crippen molar-refractivity contribution in [2.24, 2.45) is 0 Å². The third-order valence-corrected chi connectivity index (χ3v) is 11.8. The molecule has 2 heterocycles. The Balaban J connectivity index is 1.76. The van der Waals surface area contributed by atoms with E-state index in [2.05, 4.69) is 26.0 Å². The third kappa shape index (κ3) is 24.6. The molecule has 61 heavy (non-hydrogen) atoms. The number of carbonyl (C=O) groups excluding carboxylic acids is 1. The van der Waals surface area contributed by atoms with Gasteiger partial charge in [-0.15, -0.1) is 0 Å². The molecule has 0 aromatic rings. The highest BCUT2D eigenvalue weighted by Crippen LogP contribution is 2.26. The lowest BCUT2D eigenvalue weighted by Crippen LogP contribution is -2.61. The molecular formula is C47H88O14. The SMILES string of the molecule is CCC/C=C\CCCCCCCC(=O)OC(COCCCCCCCCCCCCCCCCCCC)COC1OC(COC2OC(CO)C(O)C(O)C2O)C(O)C(O)C1O. The van der Waals surface area contributed by atoms with Crippen LogP contribution in [0.15, 0.2) is 12.2 Å². The van der Waals surface area contributed by atoms with E-state index in [0.29, 0.717) is 13.0 Å². The molecule has 11 unspecified atom stereocenters. The Morgan fingerprint density at radius 2 is 1.00 bits per heavy atom. The predicted octanol–water partition coefficient (Wildman–Crippen LogP) is 6.29. The van der Waals surface area contributed by atoms with Crippen LogP contribution in [0.2, 0.25) is 0 Å². The van der Waals surface area contributed by atoms with Crippen LogP contribution in [0.3, 0.4) is 0 Å². The fraction of sp³-hybridized carbons (Fsp3) is 0.936. The van der Waals surface area contributed by atoms with Gasteiger partial charge in [0.1, 0.15) is 54.9 Å². The predicted molar refractivity (Wildman–Crippen MR) is 234 cm³/mol. The van der Waals surface area contributed by atoms with Crippen molar-refractivity contribution in [2.75, 3.05) is 33.0 Å². The lowest BCUT2D eigenvalue weighted by molar-refractivity contribution is -0.332. The average molecular weight is 877 g/mol. The van der Waals surface area contributed by atoms with Crippen LogP contribution in [0.25, 0.3) is 0 Å². The van der Waals surface area contributed by atoms with Crippen molar-refractivity contribution in [1.82, 2.24) is 0 Å². The van der Waals surface area contributed by atoms with Gasteiger partial charge in [-0.05, 0) is 32.1 Å². The fourth-order valence-corrected chi connectivity index (χ4v) is 7.76. The maximum absolute atomic E-state index is 12.9. The summed E-state index contributed by atoms with van der Waals surface area (Å²) >= 11 is 0. The summed E-state index contributed by atoms with van der Waals surface area (Å²) in [6.07, 6.45) is 18.6. The quantitative estimate of drug-likeness (QED) is 0.0206. The minimum Gasteiger partial charge on any atom is -0.457 e. The highest BCUT2D eigenvalue weighted by molar-refractivity contribution is 5.69. The van der Waals surface area contributed by atoms with E-state index < -0.39 is 80.7 Å². The van der Waals surface area contributed by atoms with Gasteiger partial charge in [-0.3, -0.25) is 4.79 Å². The van der Waals surface area contributed by atoms with Crippen molar-refractivity contribution < 1.29 is 69.0 Å². The van der Waals surface area contributed by atoms with Gasteiger partial charge in [-0.25, -0.2) is 0 Å². The van der Waals surface area contributed by atoms with E-state index in [1.807, 2.05) is 0 Å². The number of carbonyl (C=O) groups is 1. The van der Waals surface area contributed by atoms with Crippen LogP contribution in [0, 0.1) is 0 Å². The van der Waals surface area contributed by atoms with Gasteiger partial charge in [0, 0.05) is 13.0 Å². The van der Waals surface area contributed by atoms with Crippen molar-refractivity contribution in [3.8, 4) is 0 Å². The van der Waals surface area contributed by atoms with Gasteiger partial charge in [-0.1, -0.05) is 154 Å². The average Bonchev–Trinajstić information content (AvgIpc) is 3.25. The first-order chi connectivity index (χ1) is 29.6. The minimum absolute atomic E-state index is 0.0633. The maximum atomic E-state index is 12.9. The summed E-state index contributed by atoms with van der Waals surface area (Å²) in [5.74, 6) is -0.385. The van der Waals surface area contributed by atoms with E-state index in [0.717, 1.165) is 64.2 Å². The molecule has 2 aliphatic rings. The van der Waals surface area contributed by atoms with Crippen molar-refractivity contribution in [1.29, 1.82) is 0 Å². The molecule has 0 spiro atoms. The number of hydrogen-bond acceptors (Lipinski definition) is 14. The van der Waals surface area contributed by atoms with E-state index in [-0.39, 0.29) is 25.6 Å². The zero-order valence-electron chi connectivity index (χ0n) is 37.9. The summed E-state index contributed by atoms with van der Waals surface area (Å²) in [4.78, 5) is 12.9. The van der Waals surface area contributed by atoms with Crippen molar-refractivity contribution in [3.05, 3.63) is 12.2 Å². The van der Waals surface area contributed by atoms with Gasteiger partial charge in [0.2, 0.25) is 0 Å². The monoisotopic (exact) mass is 877 g/mol. The lowest BCUT2D eigenvalue weighted by Gasteiger charge is -2.42. The van der Waals surface area contributed by atoms with Crippen LogP contribution < -0.4 is 0 Å². The second kappa shape index (κ2) is 36.0. The van der Waals surface area contributed by atoms with Crippen molar-refractivity contribution in [3.63, 3.8) is 0 Å². The number of hydrogen-bond donors (Lipinski definition) is 7. The zero-order valence-corrected chi connectivity index (χ0v) is 37.9. The summed E-state index contributed by atoms with van der Waals surface area (Å²) < 4.78 is 34.2. The Kier molecular flexibility index (Phi) is 33.0. The van der Waals surface area contributed by atoms with Crippen molar-refractivity contribution >= 4 is 5.97 Å². The molecule has 0 saturated carbocycles. The standard InChI is InChI=1S/C47H88O14/c1-3-5-7-9-11-13-15-16-17-18-19-20-21-23-25-27-29-31-56-33-36(59-39(49)30-28-26-24-22-14-12-10-8-6-4-2)34-57-46-45(55)43(53)41(51)38(61-46)35-58-47-44(54)42(52)40(50)37(32-48)60-47/h8,10,36-38,40-48,50-55H,3-7,9,11-35H2,1-2H3/b10-8-. The summed E-state index contributed by atoms with van der Waals surface area (Å²) in [6, 6.07) is 0. The smallest absolute Gasteiger partial charge is 0.306 e. The molecule has 7 N–H and O–H groups in total. The first-order valence-corrected chi connectivity index (χ1v) is 24.3. The lowest BCUT2D eigenvalue weighted by atomic mass is 9.98. The Labute approximate surface area is 367 Å². The van der Waals surface area contributed by atoms with Gasteiger partial charge in [0.05, 0.1) is 26.4 Å². The molecule has 360 valence electrons. The van der Waals surface area contributed by atoms with Crippen LogP contribution in [0.5, 0.6) is 0 Å². The molecule has 11 atom stereocenters. The molecule has 2 aliphatic heterocycles. The third-order valence-electron chi connectivity index (χ3n) is 11.8. The molecular weight excluding hydrogens is 789 g/mol.